The zero-order chi connectivity index (χ0) is 19.2. The van der Waals surface area contributed by atoms with Crippen LogP contribution in [0.4, 0.5) is 10.5 Å². The highest BCUT2D eigenvalue weighted by Gasteiger charge is 2.19. The van der Waals surface area contributed by atoms with Gasteiger partial charge in [-0.15, -0.1) is 0 Å². The first-order chi connectivity index (χ1) is 12.4. The van der Waals surface area contributed by atoms with Crippen LogP contribution in [0.3, 0.4) is 0 Å². The van der Waals surface area contributed by atoms with Gasteiger partial charge in [-0.1, -0.05) is 19.0 Å². The summed E-state index contributed by atoms with van der Waals surface area (Å²) in [6, 6.07) is 5.07. The normalized spacial score (nSPS) is 12.6. The molecule has 0 aliphatic carbocycles. The summed E-state index contributed by atoms with van der Waals surface area (Å²) in [5, 5.41) is 9.10. The molecule has 0 aliphatic heterocycles. The lowest BCUT2D eigenvalue weighted by Gasteiger charge is -2.14. The van der Waals surface area contributed by atoms with Gasteiger partial charge in [0.05, 0.1) is 4.90 Å². The van der Waals surface area contributed by atoms with Crippen molar-refractivity contribution in [3.63, 3.8) is 0 Å². The van der Waals surface area contributed by atoms with Crippen LogP contribution in [-0.4, -0.2) is 31.1 Å². The highest BCUT2D eigenvalue weighted by molar-refractivity contribution is 7.89. The second-order valence-electron chi connectivity index (χ2n) is 5.66. The number of anilines is 1. The Kier molecular flexibility index (Phi) is 6.70. The number of sulfonamides is 1. The van der Waals surface area contributed by atoms with Gasteiger partial charge in [-0.2, -0.15) is 4.98 Å². The predicted octanol–water partition coefficient (Wildman–Crippen LogP) is 2.34. The van der Waals surface area contributed by atoms with Crippen molar-refractivity contribution in [1.29, 1.82) is 0 Å². The molecule has 3 N–H and O–H groups in total. The molecule has 0 fully saturated rings. The Bertz CT molecular complexity index is 833. The zero-order valence-corrected chi connectivity index (χ0v) is 15.8. The van der Waals surface area contributed by atoms with Gasteiger partial charge in [0.15, 0.2) is 5.82 Å². The van der Waals surface area contributed by atoms with E-state index in [1.165, 1.54) is 24.3 Å². The number of carbonyl (C=O) groups is 1. The minimum Gasteiger partial charge on any atom is -0.337 e. The average molecular weight is 381 g/mol. The summed E-state index contributed by atoms with van der Waals surface area (Å²) in [6.45, 7) is 5.84. The van der Waals surface area contributed by atoms with Crippen molar-refractivity contribution >= 4 is 21.7 Å². The first-order valence-corrected chi connectivity index (χ1v) is 9.81. The fraction of sp³-hybridized carbons (Fsp3) is 0.438. The van der Waals surface area contributed by atoms with E-state index < -0.39 is 22.1 Å². The number of carbonyl (C=O) groups excluding carboxylic acids is 1. The van der Waals surface area contributed by atoms with Crippen LogP contribution >= 0.6 is 0 Å². The molecule has 26 heavy (non-hydrogen) atoms. The van der Waals surface area contributed by atoms with Crippen molar-refractivity contribution in [2.24, 2.45) is 0 Å². The van der Waals surface area contributed by atoms with Gasteiger partial charge in [0.2, 0.25) is 15.9 Å². The predicted molar refractivity (Wildman–Crippen MR) is 96.1 cm³/mol. The summed E-state index contributed by atoms with van der Waals surface area (Å²) in [6.07, 6.45) is 1.28. The van der Waals surface area contributed by atoms with Gasteiger partial charge in [0, 0.05) is 12.2 Å². The minimum atomic E-state index is -3.53. The molecule has 2 aromatic rings. The van der Waals surface area contributed by atoms with Crippen LogP contribution in [0.5, 0.6) is 0 Å². The number of aromatic nitrogens is 2. The van der Waals surface area contributed by atoms with E-state index in [1.807, 2.05) is 13.8 Å². The van der Waals surface area contributed by atoms with Crippen LogP contribution in [0.15, 0.2) is 33.7 Å². The number of benzene rings is 1. The number of nitrogens with one attached hydrogen (secondary N) is 3. The third-order valence-electron chi connectivity index (χ3n) is 3.52. The molecule has 1 aromatic heterocycles. The topological polar surface area (TPSA) is 126 Å². The van der Waals surface area contributed by atoms with E-state index in [9.17, 15) is 13.2 Å². The summed E-state index contributed by atoms with van der Waals surface area (Å²) in [5.74, 6) is 0.831. The van der Waals surface area contributed by atoms with Crippen LogP contribution in [0.25, 0.3) is 0 Å². The summed E-state index contributed by atoms with van der Waals surface area (Å²) in [5.41, 5.74) is 0.466. The SMILES string of the molecule is CCCNS(=O)(=O)c1ccc(NC(=O)N[C@@H](CC)c2nc(C)no2)cc1. The molecule has 142 valence electrons. The number of urea groups is 1. The maximum atomic E-state index is 12.1. The highest BCUT2D eigenvalue weighted by atomic mass is 32.2. The molecule has 9 nitrogen and oxygen atoms in total. The van der Waals surface area contributed by atoms with Gasteiger partial charge in [-0.25, -0.2) is 17.9 Å². The maximum Gasteiger partial charge on any atom is 0.319 e. The van der Waals surface area contributed by atoms with Crippen molar-refractivity contribution in [2.45, 2.75) is 44.6 Å². The Morgan fingerprint density at radius 1 is 1.23 bits per heavy atom. The third-order valence-corrected chi connectivity index (χ3v) is 5.00. The standard InChI is InChI=1S/C16H23N5O4S/c1-4-10-17-26(23,24)13-8-6-12(7-9-13)19-16(22)20-14(5-2)15-18-11(3)21-25-15/h6-9,14,17H,4-5,10H2,1-3H3,(H2,19,20,22)/t14-/m0/s1. The van der Waals surface area contributed by atoms with Gasteiger partial charge in [0.25, 0.3) is 0 Å². The Morgan fingerprint density at radius 3 is 2.46 bits per heavy atom. The largest absolute Gasteiger partial charge is 0.337 e. The van der Waals surface area contributed by atoms with E-state index in [0.29, 0.717) is 36.8 Å². The van der Waals surface area contributed by atoms with Crippen LogP contribution < -0.4 is 15.4 Å². The van der Waals surface area contributed by atoms with E-state index >= 15 is 0 Å². The Morgan fingerprint density at radius 2 is 1.92 bits per heavy atom. The van der Waals surface area contributed by atoms with Gasteiger partial charge < -0.3 is 15.2 Å². The molecule has 0 bridgehead atoms. The number of hydrogen-bond acceptors (Lipinski definition) is 6. The number of aryl methyl sites for hydroxylation is 1. The molecule has 0 spiro atoms. The van der Waals surface area contributed by atoms with Crippen molar-refractivity contribution < 1.29 is 17.7 Å². The molecule has 2 rings (SSSR count). The van der Waals surface area contributed by atoms with Gasteiger partial charge in [0.1, 0.15) is 6.04 Å². The van der Waals surface area contributed by atoms with Crippen molar-refractivity contribution in [2.75, 3.05) is 11.9 Å². The highest BCUT2D eigenvalue weighted by Crippen LogP contribution is 2.16. The number of rotatable bonds is 8. The van der Waals surface area contributed by atoms with E-state index in [-0.39, 0.29) is 4.90 Å². The Hall–Kier alpha value is -2.46. The second-order valence-corrected chi connectivity index (χ2v) is 7.43. The van der Waals surface area contributed by atoms with Gasteiger partial charge >= 0.3 is 6.03 Å². The van der Waals surface area contributed by atoms with Crippen LogP contribution in [0.1, 0.15) is 44.4 Å². The van der Waals surface area contributed by atoms with Gasteiger partial charge in [-0.3, -0.25) is 0 Å². The molecular weight excluding hydrogens is 358 g/mol. The molecule has 2 amide bonds. The number of hydrogen-bond donors (Lipinski definition) is 3. The van der Waals surface area contributed by atoms with E-state index in [2.05, 4.69) is 25.5 Å². The van der Waals surface area contributed by atoms with E-state index in [4.69, 9.17) is 4.52 Å². The van der Waals surface area contributed by atoms with Crippen molar-refractivity contribution in [3.8, 4) is 0 Å². The fourth-order valence-corrected chi connectivity index (χ4v) is 3.29. The van der Waals surface area contributed by atoms with Crippen LogP contribution in [0.2, 0.25) is 0 Å². The molecule has 1 aromatic carbocycles. The lowest BCUT2D eigenvalue weighted by molar-refractivity contribution is 0.243. The molecule has 0 unspecified atom stereocenters. The summed E-state index contributed by atoms with van der Waals surface area (Å²) >= 11 is 0. The van der Waals surface area contributed by atoms with Crippen molar-refractivity contribution in [3.05, 3.63) is 36.0 Å². The van der Waals surface area contributed by atoms with Crippen LogP contribution in [-0.2, 0) is 10.0 Å². The monoisotopic (exact) mass is 381 g/mol. The third kappa shape index (κ3) is 5.27. The Labute approximate surface area is 152 Å². The smallest absolute Gasteiger partial charge is 0.319 e. The quantitative estimate of drug-likeness (QED) is 0.644. The Balaban J connectivity index is 1.98. The summed E-state index contributed by atoms with van der Waals surface area (Å²) in [4.78, 5) is 16.4. The molecule has 1 atom stereocenters. The summed E-state index contributed by atoms with van der Waals surface area (Å²) in [7, 11) is -3.53. The van der Waals surface area contributed by atoms with E-state index in [1.54, 1.807) is 6.92 Å². The number of nitrogens with zero attached hydrogens (tertiary/aromatic N) is 2. The minimum absolute atomic E-state index is 0.143. The maximum absolute atomic E-state index is 12.1. The average Bonchev–Trinajstić information content (AvgIpc) is 3.04. The lowest BCUT2D eigenvalue weighted by atomic mass is 10.2. The van der Waals surface area contributed by atoms with Crippen LogP contribution in [0, 0.1) is 6.92 Å². The first kappa shape index (κ1) is 19.9. The number of amides is 2. The second kappa shape index (κ2) is 8.77. The molecule has 0 saturated carbocycles. The molecule has 1 heterocycles. The molecule has 0 aliphatic rings. The lowest BCUT2D eigenvalue weighted by Crippen LogP contribution is -2.32. The molecule has 0 saturated heterocycles. The molecular formula is C16H23N5O4S. The van der Waals surface area contributed by atoms with Gasteiger partial charge in [-0.05, 0) is 44.0 Å². The first-order valence-electron chi connectivity index (χ1n) is 8.33. The van der Waals surface area contributed by atoms with Crippen molar-refractivity contribution in [1.82, 2.24) is 20.2 Å². The fourth-order valence-electron chi connectivity index (χ4n) is 2.16. The molecule has 0 radical (unpaired) electrons. The zero-order valence-electron chi connectivity index (χ0n) is 14.9. The summed E-state index contributed by atoms with van der Waals surface area (Å²) < 4.78 is 31.6. The van der Waals surface area contributed by atoms with E-state index in [0.717, 1.165) is 0 Å². The molecule has 10 heteroatoms.